The largest absolute Gasteiger partial charge is 0.480 e. The fraction of sp³-hybridized carbons (Fsp3) is 0.812. The number of nitrogens with two attached hydrogens (primary N) is 1. The number of hydrogen-bond donors (Lipinski definition) is 6. The SMILES string of the molecule is CC(C)C[C@H](N)C(=O)O.O=C(O)[C@@H]1CCCN1.O=C(O)[C@@H]1CCCN1. The van der Waals surface area contributed by atoms with Gasteiger partial charge in [0.15, 0.2) is 0 Å². The summed E-state index contributed by atoms with van der Waals surface area (Å²) < 4.78 is 0. The van der Waals surface area contributed by atoms with E-state index in [4.69, 9.17) is 21.1 Å². The van der Waals surface area contributed by atoms with Gasteiger partial charge >= 0.3 is 17.9 Å². The van der Waals surface area contributed by atoms with Crippen LogP contribution in [0, 0.1) is 5.92 Å². The highest BCUT2D eigenvalue weighted by Gasteiger charge is 2.20. The first-order valence-corrected chi connectivity index (χ1v) is 8.55. The van der Waals surface area contributed by atoms with Crippen LogP contribution in [0.4, 0.5) is 0 Å². The monoisotopic (exact) mass is 361 g/mol. The van der Waals surface area contributed by atoms with Crippen molar-refractivity contribution in [2.24, 2.45) is 11.7 Å². The second-order valence-electron chi connectivity index (χ2n) is 6.55. The molecule has 2 fully saturated rings. The number of carboxylic acids is 3. The lowest BCUT2D eigenvalue weighted by molar-refractivity contribution is -0.140. The second kappa shape index (κ2) is 12.6. The molecule has 0 aromatic heterocycles. The van der Waals surface area contributed by atoms with E-state index in [2.05, 4.69) is 10.6 Å². The molecule has 0 amide bonds. The number of hydrogen-bond acceptors (Lipinski definition) is 6. The zero-order valence-corrected chi connectivity index (χ0v) is 14.9. The van der Waals surface area contributed by atoms with Crippen molar-refractivity contribution in [3.05, 3.63) is 0 Å². The Morgan fingerprint density at radius 1 is 0.960 bits per heavy atom. The van der Waals surface area contributed by atoms with Crippen LogP contribution < -0.4 is 16.4 Å². The molecule has 0 bridgehead atoms. The molecule has 146 valence electrons. The van der Waals surface area contributed by atoms with Crippen LogP contribution >= 0.6 is 0 Å². The average molecular weight is 361 g/mol. The lowest BCUT2D eigenvalue weighted by atomic mass is 10.1. The minimum atomic E-state index is -0.913. The molecule has 9 heteroatoms. The third-order valence-corrected chi connectivity index (χ3v) is 3.76. The smallest absolute Gasteiger partial charge is 0.320 e. The Labute approximate surface area is 148 Å². The van der Waals surface area contributed by atoms with Crippen LogP contribution in [0.5, 0.6) is 0 Å². The predicted molar refractivity (Wildman–Crippen MR) is 92.4 cm³/mol. The van der Waals surface area contributed by atoms with E-state index < -0.39 is 23.9 Å². The third-order valence-electron chi connectivity index (χ3n) is 3.76. The highest BCUT2D eigenvalue weighted by molar-refractivity contribution is 5.74. The van der Waals surface area contributed by atoms with Crippen LogP contribution in [0.1, 0.15) is 46.0 Å². The van der Waals surface area contributed by atoms with Crippen LogP contribution in [-0.2, 0) is 14.4 Å². The van der Waals surface area contributed by atoms with Crippen molar-refractivity contribution in [2.45, 2.75) is 64.1 Å². The molecule has 0 radical (unpaired) electrons. The maximum atomic E-state index is 10.1. The first kappa shape index (κ1) is 23.3. The standard InChI is InChI=1S/C6H13NO2.2C5H9NO2/c1-4(2)3-5(7)6(8)9;2*7-5(8)4-2-1-3-6-4/h4-5H,3,7H2,1-2H3,(H,8,9);2*4,6H,1-3H2,(H,7,8)/t5-;2*4-/m000/s1. The van der Waals surface area contributed by atoms with E-state index in [0.717, 1.165) is 38.8 Å². The third kappa shape index (κ3) is 11.5. The Hall–Kier alpha value is -1.71. The van der Waals surface area contributed by atoms with E-state index in [-0.39, 0.29) is 12.1 Å². The van der Waals surface area contributed by atoms with Crippen molar-refractivity contribution < 1.29 is 29.7 Å². The number of aliphatic carboxylic acids is 3. The maximum Gasteiger partial charge on any atom is 0.320 e. The van der Waals surface area contributed by atoms with Crippen molar-refractivity contribution >= 4 is 17.9 Å². The summed E-state index contributed by atoms with van der Waals surface area (Å²) in [5.41, 5.74) is 5.22. The topological polar surface area (TPSA) is 162 Å². The molecule has 9 nitrogen and oxygen atoms in total. The molecule has 0 spiro atoms. The van der Waals surface area contributed by atoms with Gasteiger partial charge in [0.2, 0.25) is 0 Å². The van der Waals surface area contributed by atoms with Crippen molar-refractivity contribution in [1.82, 2.24) is 10.6 Å². The molecule has 7 N–H and O–H groups in total. The first-order valence-electron chi connectivity index (χ1n) is 8.55. The van der Waals surface area contributed by atoms with Crippen LogP contribution in [0.15, 0.2) is 0 Å². The van der Waals surface area contributed by atoms with Crippen molar-refractivity contribution in [3.8, 4) is 0 Å². The second-order valence-corrected chi connectivity index (χ2v) is 6.55. The molecule has 0 aromatic carbocycles. The fourth-order valence-corrected chi connectivity index (χ4v) is 2.40. The quantitative estimate of drug-likeness (QED) is 0.398. The lowest BCUT2D eigenvalue weighted by Crippen LogP contribution is -2.31. The molecule has 0 aromatic rings. The van der Waals surface area contributed by atoms with Gasteiger partial charge in [-0.3, -0.25) is 14.4 Å². The Bertz CT molecular complexity index is 392. The predicted octanol–water partition coefficient (Wildman–Crippen LogP) is 0.0904. The summed E-state index contributed by atoms with van der Waals surface area (Å²) in [6.07, 6.45) is 4.12. The Morgan fingerprint density at radius 3 is 1.48 bits per heavy atom. The summed E-state index contributed by atoms with van der Waals surface area (Å²) in [4.78, 5) is 30.4. The van der Waals surface area contributed by atoms with Crippen LogP contribution in [-0.4, -0.2) is 64.4 Å². The van der Waals surface area contributed by atoms with Crippen molar-refractivity contribution in [1.29, 1.82) is 0 Å². The van der Waals surface area contributed by atoms with Gasteiger partial charge in [0.1, 0.15) is 18.1 Å². The molecule has 25 heavy (non-hydrogen) atoms. The molecular weight excluding hydrogens is 330 g/mol. The zero-order chi connectivity index (χ0) is 19.4. The van der Waals surface area contributed by atoms with Gasteiger partial charge in [0, 0.05) is 0 Å². The molecule has 2 rings (SSSR count). The molecular formula is C16H31N3O6. The van der Waals surface area contributed by atoms with Gasteiger partial charge < -0.3 is 31.7 Å². The normalized spacial score (nSPS) is 23.0. The van der Waals surface area contributed by atoms with Crippen LogP contribution in [0.2, 0.25) is 0 Å². The Balaban J connectivity index is 0.000000346. The summed E-state index contributed by atoms with van der Waals surface area (Å²) in [6.45, 7) is 5.61. The number of carboxylic acid groups (broad SMARTS) is 3. The highest BCUT2D eigenvalue weighted by atomic mass is 16.4. The number of rotatable bonds is 5. The minimum Gasteiger partial charge on any atom is -0.480 e. The van der Waals surface area contributed by atoms with Crippen LogP contribution in [0.25, 0.3) is 0 Å². The van der Waals surface area contributed by atoms with E-state index in [1.165, 1.54) is 0 Å². The molecule has 0 aliphatic carbocycles. The first-order chi connectivity index (χ1) is 11.6. The molecule has 2 aliphatic rings. The molecule has 2 aliphatic heterocycles. The van der Waals surface area contributed by atoms with Crippen LogP contribution in [0.3, 0.4) is 0 Å². The van der Waals surface area contributed by atoms with Crippen molar-refractivity contribution in [2.75, 3.05) is 13.1 Å². The molecule has 0 saturated carbocycles. The van der Waals surface area contributed by atoms with Gasteiger partial charge in [0.25, 0.3) is 0 Å². The summed E-state index contributed by atoms with van der Waals surface area (Å²) >= 11 is 0. The van der Waals surface area contributed by atoms with Gasteiger partial charge in [-0.25, -0.2) is 0 Å². The highest BCUT2D eigenvalue weighted by Crippen LogP contribution is 2.04. The van der Waals surface area contributed by atoms with Gasteiger partial charge in [-0.05, 0) is 51.1 Å². The van der Waals surface area contributed by atoms with Crippen molar-refractivity contribution in [3.63, 3.8) is 0 Å². The fourth-order valence-electron chi connectivity index (χ4n) is 2.40. The summed E-state index contributed by atoms with van der Waals surface area (Å²) in [5, 5.41) is 30.7. The van der Waals surface area contributed by atoms with Gasteiger partial charge in [-0.2, -0.15) is 0 Å². The molecule has 0 unspecified atom stereocenters. The number of nitrogens with one attached hydrogen (secondary N) is 2. The Kier molecular flexibility index (Phi) is 11.8. The van der Waals surface area contributed by atoms with Gasteiger partial charge in [0.05, 0.1) is 0 Å². The van der Waals surface area contributed by atoms with E-state index in [1.54, 1.807) is 0 Å². The molecule has 2 heterocycles. The minimum absolute atomic E-state index is 0.269. The maximum absolute atomic E-state index is 10.1. The summed E-state index contributed by atoms with van der Waals surface area (Å²) in [6, 6.07) is -1.23. The van der Waals surface area contributed by atoms with E-state index in [1.807, 2.05) is 13.8 Å². The average Bonchev–Trinajstić information content (AvgIpc) is 3.21. The van der Waals surface area contributed by atoms with E-state index in [0.29, 0.717) is 12.3 Å². The van der Waals surface area contributed by atoms with Gasteiger partial charge in [-0.1, -0.05) is 13.8 Å². The van der Waals surface area contributed by atoms with E-state index >= 15 is 0 Å². The number of carbonyl (C=O) groups is 3. The zero-order valence-electron chi connectivity index (χ0n) is 14.9. The molecule has 3 atom stereocenters. The summed E-state index contributed by atoms with van der Waals surface area (Å²) in [7, 11) is 0. The molecule has 2 saturated heterocycles. The summed E-state index contributed by atoms with van der Waals surface area (Å²) in [5.74, 6) is -2.00. The Morgan fingerprint density at radius 2 is 1.36 bits per heavy atom. The van der Waals surface area contributed by atoms with Gasteiger partial charge in [-0.15, -0.1) is 0 Å². The van der Waals surface area contributed by atoms with E-state index in [9.17, 15) is 14.4 Å². The lowest BCUT2D eigenvalue weighted by Gasteiger charge is -2.07.